The molecule has 4 rings (SSSR count). The van der Waals surface area contributed by atoms with E-state index >= 15 is 0 Å². The molecule has 20 nitrogen and oxygen atoms in total. The molecule has 4 aromatic carbocycles. The fourth-order valence-electron chi connectivity index (χ4n) is 6.25. The van der Waals surface area contributed by atoms with E-state index in [1.54, 1.807) is 121 Å². The molecule has 2 atom stereocenters. The molecular formula is C58H79Cl3N4O16. The Hall–Kier alpha value is -7.00. The van der Waals surface area contributed by atoms with Gasteiger partial charge in [-0.2, -0.15) is 0 Å². The number of hydrogen-bond donors (Lipinski definition) is 4. The zero-order valence-electron chi connectivity index (χ0n) is 47.4. The lowest BCUT2D eigenvalue weighted by Crippen LogP contribution is -2.44. The maximum Gasteiger partial charge on any atom is 0.511 e. The number of alkyl carbamates (subject to hydrolysis) is 1. The predicted molar refractivity (Wildman–Crippen MR) is 309 cm³/mol. The molecule has 23 heteroatoms. The largest absolute Gasteiger partial charge is 0.511 e. The molecule has 0 heterocycles. The van der Waals surface area contributed by atoms with Crippen LogP contribution < -0.4 is 31.2 Å². The van der Waals surface area contributed by atoms with Crippen molar-refractivity contribution in [2.24, 2.45) is 5.73 Å². The van der Waals surface area contributed by atoms with E-state index in [9.17, 15) is 33.6 Å². The van der Waals surface area contributed by atoms with Crippen LogP contribution in [0.4, 0.5) is 14.4 Å². The molecule has 0 spiro atoms. The second kappa shape index (κ2) is 32.4. The van der Waals surface area contributed by atoms with Crippen molar-refractivity contribution < 1.29 is 76.2 Å². The second-order valence-corrected chi connectivity index (χ2v) is 21.9. The molecule has 0 aliphatic heterocycles. The summed E-state index contributed by atoms with van der Waals surface area (Å²) >= 11 is 11.7. The first-order valence-electron chi connectivity index (χ1n) is 25.2. The van der Waals surface area contributed by atoms with Crippen LogP contribution in [-0.2, 0) is 55.6 Å². The smallest absolute Gasteiger partial charge is 0.476 e. The summed E-state index contributed by atoms with van der Waals surface area (Å²) in [7, 11) is 0. The van der Waals surface area contributed by atoms with Crippen molar-refractivity contribution >= 4 is 77.8 Å². The van der Waals surface area contributed by atoms with Crippen molar-refractivity contribution in [2.45, 2.75) is 151 Å². The predicted octanol–water partition coefficient (Wildman–Crippen LogP) is 11.1. The third-order valence-corrected chi connectivity index (χ3v) is 11.0. The molecule has 0 saturated heterocycles. The molecule has 0 fully saturated rings. The van der Waals surface area contributed by atoms with Crippen LogP contribution in [0.1, 0.15) is 129 Å². The van der Waals surface area contributed by atoms with Crippen molar-refractivity contribution in [3.8, 4) is 11.5 Å². The van der Waals surface area contributed by atoms with Crippen LogP contribution in [0.25, 0.3) is 0 Å². The molecule has 0 aliphatic rings. The molecule has 4 aromatic rings. The van der Waals surface area contributed by atoms with Crippen LogP contribution in [0.3, 0.4) is 0 Å². The lowest BCUT2D eigenvalue weighted by molar-refractivity contribution is -0.185. The summed E-state index contributed by atoms with van der Waals surface area (Å²) < 4.78 is 47.5. The standard InChI is InChI=1S/C31H41ClN2O9.C26H33ClN2O7.CH4.ClH/c1-20(40-28(38)43-30(5,6)19-34-27(37)42-29(2,3)4)39-26(36)31(7,8)41-24-15-9-21(10-16-24)17-18-33-25(35)22-11-13-23(32)14-12-22;1-17(34-24(32)36-25(2,3)16-28)33-23(31)26(4,5)35-21-12-6-18(7-13-21)14-15-29-22(30)19-8-10-20(27)11-9-19;;/h9-16,20H,17-19H2,1-8H3,(H,33,35)(H,34,37);6-13,17H,14-16,28H2,1-5H3,(H,29,30);1H4;1H. The number of nitrogens with two attached hydrogens (primary N) is 1. The van der Waals surface area contributed by atoms with Gasteiger partial charge in [0.25, 0.3) is 11.8 Å². The van der Waals surface area contributed by atoms with Crippen molar-refractivity contribution in [1.82, 2.24) is 16.0 Å². The molecule has 2 unspecified atom stereocenters. The van der Waals surface area contributed by atoms with E-state index in [2.05, 4.69) is 16.0 Å². The first-order chi connectivity index (χ1) is 36.7. The number of halogens is 3. The highest BCUT2D eigenvalue weighted by molar-refractivity contribution is 6.31. The zero-order chi connectivity index (χ0) is 59.4. The lowest BCUT2D eigenvalue weighted by atomic mass is 10.1. The van der Waals surface area contributed by atoms with Crippen molar-refractivity contribution in [3.05, 3.63) is 129 Å². The van der Waals surface area contributed by atoms with Gasteiger partial charge in [0, 0.05) is 54.7 Å². The number of amides is 3. The van der Waals surface area contributed by atoms with E-state index in [0.29, 0.717) is 58.6 Å². The Morgan fingerprint density at radius 3 is 1.17 bits per heavy atom. The number of nitrogens with one attached hydrogen (secondary N) is 3. The summed E-state index contributed by atoms with van der Waals surface area (Å²) in [5, 5.41) is 9.36. The summed E-state index contributed by atoms with van der Waals surface area (Å²) in [4.78, 5) is 85.7. The van der Waals surface area contributed by atoms with Crippen molar-refractivity contribution in [1.29, 1.82) is 0 Å². The molecule has 3 amide bonds. The topological polar surface area (TPSA) is 265 Å². The maximum absolute atomic E-state index is 12.8. The number of benzene rings is 4. The van der Waals surface area contributed by atoms with Crippen LogP contribution in [-0.4, -0.2) is 109 Å². The zero-order valence-corrected chi connectivity index (χ0v) is 49.7. The first kappa shape index (κ1) is 72.0. The number of carbonyl (C=O) groups is 7. The monoisotopic (exact) mass is 1190 g/mol. The molecule has 0 aromatic heterocycles. The van der Waals surface area contributed by atoms with Crippen LogP contribution in [0.15, 0.2) is 97.1 Å². The fraction of sp³-hybridized carbons (Fsp3) is 0.466. The third kappa shape index (κ3) is 27.8. The Morgan fingerprint density at radius 2 is 0.840 bits per heavy atom. The van der Waals surface area contributed by atoms with Gasteiger partial charge in [-0.3, -0.25) is 9.59 Å². The van der Waals surface area contributed by atoms with E-state index in [1.807, 2.05) is 24.3 Å². The first-order valence-corrected chi connectivity index (χ1v) is 25.9. The third-order valence-electron chi connectivity index (χ3n) is 10.5. The van der Waals surface area contributed by atoms with Gasteiger partial charge in [-0.05, 0) is 173 Å². The lowest BCUT2D eigenvalue weighted by Gasteiger charge is -2.28. The Morgan fingerprint density at radius 1 is 0.494 bits per heavy atom. The van der Waals surface area contributed by atoms with Crippen LogP contribution in [0.5, 0.6) is 11.5 Å². The van der Waals surface area contributed by atoms with E-state index in [4.69, 9.17) is 71.6 Å². The summed E-state index contributed by atoms with van der Waals surface area (Å²) in [6.07, 6.45) is -4.01. The van der Waals surface area contributed by atoms with Crippen molar-refractivity contribution in [2.75, 3.05) is 26.2 Å². The molecule has 5 N–H and O–H groups in total. The molecule has 81 heavy (non-hydrogen) atoms. The van der Waals surface area contributed by atoms with Gasteiger partial charge in [-0.15, -0.1) is 12.4 Å². The quantitative estimate of drug-likeness (QED) is 0.0305. The van der Waals surface area contributed by atoms with Gasteiger partial charge in [0.1, 0.15) is 28.3 Å². The Balaban J connectivity index is 0.000000802. The average Bonchev–Trinajstić information content (AvgIpc) is 3.33. The summed E-state index contributed by atoms with van der Waals surface area (Å²) in [5.74, 6) is -1.00. The number of esters is 2. The highest BCUT2D eigenvalue weighted by Crippen LogP contribution is 2.24. The Kier molecular flexibility index (Phi) is 28.8. The molecular weight excluding hydrogens is 1120 g/mol. The minimum atomic E-state index is -1.41. The van der Waals surface area contributed by atoms with Gasteiger partial charge in [0.15, 0.2) is 11.2 Å². The normalized spacial score (nSPS) is 12.0. The maximum atomic E-state index is 12.8. The summed E-state index contributed by atoms with van der Waals surface area (Å²) in [5.41, 5.74) is 3.02. The number of ether oxygens (including phenoxy) is 9. The van der Waals surface area contributed by atoms with Gasteiger partial charge < -0.3 is 64.3 Å². The molecule has 0 bridgehead atoms. The van der Waals surface area contributed by atoms with Gasteiger partial charge in [-0.25, -0.2) is 24.0 Å². The van der Waals surface area contributed by atoms with Crippen LogP contribution in [0.2, 0.25) is 10.0 Å². The van der Waals surface area contributed by atoms with Crippen molar-refractivity contribution in [3.63, 3.8) is 0 Å². The highest BCUT2D eigenvalue weighted by atomic mass is 35.5. The van der Waals surface area contributed by atoms with Gasteiger partial charge in [0.05, 0.1) is 6.54 Å². The minimum absolute atomic E-state index is 0. The SMILES string of the molecule is C.CC(OC(=O)OC(C)(C)CN)OC(=O)C(C)(C)Oc1ccc(CCNC(=O)c2ccc(Cl)cc2)cc1.CC(OC(=O)OC(C)(C)CNC(=O)OC(C)(C)C)OC(=O)C(C)(C)Oc1ccc(CCNC(=O)c2ccc(Cl)cc2)cc1.Cl. The number of rotatable bonds is 23. The molecule has 0 saturated carbocycles. The van der Waals surface area contributed by atoms with Crippen LogP contribution in [0, 0.1) is 0 Å². The molecule has 0 radical (unpaired) electrons. The molecule has 448 valence electrons. The van der Waals surface area contributed by atoms with E-state index in [1.165, 1.54) is 41.5 Å². The average molecular weight is 1190 g/mol. The van der Waals surface area contributed by atoms with Crippen LogP contribution >= 0.6 is 35.6 Å². The van der Waals surface area contributed by atoms with E-state index < -0.39 is 70.9 Å². The fourth-order valence-corrected chi connectivity index (χ4v) is 6.50. The molecule has 0 aliphatic carbocycles. The number of hydrogen-bond acceptors (Lipinski definition) is 17. The highest BCUT2D eigenvalue weighted by Gasteiger charge is 2.36. The Labute approximate surface area is 491 Å². The van der Waals surface area contributed by atoms with E-state index in [0.717, 1.165) is 11.1 Å². The summed E-state index contributed by atoms with van der Waals surface area (Å²) in [6.45, 7) is 21.4. The minimum Gasteiger partial charge on any atom is -0.476 e. The second-order valence-electron chi connectivity index (χ2n) is 21.0. The van der Waals surface area contributed by atoms with Gasteiger partial charge >= 0.3 is 30.3 Å². The Bertz CT molecular complexity index is 2660. The number of carbonyl (C=O) groups excluding carboxylic acids is 7. The van der Waals surface area contributed by atoms with Gasteiger partial charge in [0.2, 0.25) is 12.6 Å². The summed E-state index contributed by atoms with van der Waals surface area (Å²) in [6, 6.07) is 27.5. The van der Waals surface area contributed by atoms with Gasteiger partial charge in [-0.1, -0.05) is 54.9 Å². The van der Waals surface area contributed by atoms with E-state index in [-0.39, 0.29) is 44.7 Å².